The molecular weight excluding hydrogens is 294 g/mol. The Morgan fingerprint density at radius 2 is 1.83 bits per heavy atom. The molecule has 2 unspecified atom stereocenters. The van der Waals surface area contributed by atoms with E-state index in [1.165, 1.54) is 51.4 Å². The summed E-state index contributed by atoms with van der Waals surface area (Å²) in [6, 6.07) is 1.36. The Hall–Kier alpha value is -0.340. The van der Waals surface area contributed by atoms with Crippen LogP contribution in [0.5, 0.6) is 0 Å². The Kier molecular flexibility index (Phi) is 3.53. The zero-order valence-corrected chi connectivity index (χ0v) is 15.6. The Bertz CT molecular complexity index is 552. The average molecular weight is 330 g/mol. The van der Waals surface area contributed by atoms with E-state index < -0.39 is 0 Å². The molecule has 0 aromatic rings. The molecule has 134 valence electrons. The molecule has 5 aliphatic rings. The zero-order valence-electron chi connectivity index (χ0n) is 15.6. The molecule has 24 heavy (non-hydrogen) atoms. The van der Waals surface area contributed by atoms with Crippen LogP contribution in [0.15, 0.2) is 11.6 Å². The average Bonchev–Trinajstić information content (AvgIpc) is 3.27. The Labute approximate surface area is 147 Å². The maximum Gasteiger partial charge on any atom is 0.0577 e. The van der Waals surface area contributed by atoms with Crippen molar-refractivity contribution in [2.24, 2.45) is 28.6 Å². The molecule has 0 heterocycles. The van der Waals surface area contributed by atoms with Crippen molar-refractivity contribution in [2.75, 3.05) is 0 Å². The van der Waals surface area contributed by atoms with Crippen molar-refractivity contribution in [1.29, 1.82) is 0 Å². The lowest BCUT2D eigenvalue weighted by Gasteiger charge is -2.59. The minimum absolute atomic E-state index is 0.0946. The number of aliphatic hydroxyl groups excluding tert-OH is 1. The molecule has 4 saturated carbocycles. The van der Waals surface area contributed by atoms with Gasteiger partial charge >= 0.3 is 0 Å². The molecule has 4 fully saturated rings. The van der Waals surface area contributed by atoms with E-state index in [1.54, 1.807) is 5.57 Å². The summed E-state index contributed by atoms with van der Waals surface area (Å²) in [6.45, 7) is 5.15. The molecule has 0 radical (unpaired) electrons. The van der Waals surface area contributed by atoms with Gasteiger partial charge in [0.05, 0.1) is 6.10 Å². The van der Waals surface area contributed by atoms with E-state index in [1.807, 2.05) is 0 Å². The minimum atomic E-state index is -0.0946. The van der Waals surface area contributed by atoms with Crippen LogP contribution in [0.25, 0.3) is 0 Å². The van der Waals surface area contributed by atoms with E-state index in [-0.39, 0.29) is 6.10 Å². The van der Waals surface area contributed by atoms with Gasteiger partial charge in [-0.05, 0) is 86.4 Å². The first-order valence-electron chi connectivity index (χ1n) is 10.6. The second-order valence-electron chi connectivity index (χ2n) is 10.3. The third kappa shape index (κ3) is 2.28. The lowest BCUT2D eigenvalue weighted by Crippen LogP contribution is -2.57. The van der Waals surface area contributed by atoms with Crippen molar-refractivity contribution in [3.8, 4) is 0 Å². The SMILES string of the molecule is C[C@@]12CCC[C@H]1[C@@H]1C(NC3CC3)C=C3CC(O)CC[C@]3(C)[C@@H]1CC2. The van der Waals surface area contributed by atoms with Crippen molar-refractivity contribution < 1.29 is 5.11 Å². The monoisotopic (exact) mass is 329 g/mol. The van der Waals surface area contributed by atoms with Crippen LogP contribution in [0.4, 0.5) is 0 Å². The smallest absolute Gasteiger partial charge is 0.0577 e. The molecule has 2 nitrogen and oxygen atoms in total. The Morgan fingerprint density at radius 3 is 2.62 bits per heavy atom. The van der Waals surface area contributed by atoms with Gasteiger partial charge in [0.15, 0.2) is 0 Å². The predicted molar refractivity (Wildman–Crippen MR) is 97.7 cm³/mol. The summed E-state index contributed by atoms with van der Waals surface area (Å²) in [5, 5.41) is 14.3. The minimum Gasteiger partial charge on any atom is -0.393 e. The van der Waals surface area contributed by atoms with Crippen LogP contribution >= 0.6 is 0 Å². The standard InChI is InChI=1S/C22H35NO/c1-21-9-3-4-17(21)20-18(8-10-21)22(2)11-7-16(24)12-14(22)13-19(20)23-15-5-6-15/h13,15-20,23-24H,3-12H2,1-2H3/t16?,17-,18+,19?,20-,21-,22-/m0/s1. The van der Waals surface area contributed by atoms with Crippen LogP contribution in [0.2, 0.25) is 0 Å². The molecule has 0 bridgehead atoms. The first-order valence-corrected chi connectivity index (χ1v) is 10.6. The molecule has 7 atom stereocenters. The van der Waals surface area contributed by atoms with Crippen molar-refractivity contribution in [3.63, 3.8) is 0 Å². The van der Waals surface area contributed by atoms with Gasteiger partial charge in [0.25, 0.3) is 0 Å². The van der Waals surface area contributed by atoms with Crippen molar-refractivity contribution in [1.82, 2.24) is 5.32 Å². The molecule has 5 rings (SSSR count). The summed E-state index contributed by atoms with van der Waals surface area (Å²) in [5.74, 6) is 2.61. The maximum atomic E-state index is 10.3. The van der Waals surface area contributed by atoms with Crippen LogP contribution in [-0.2, 0) is 0 Å². The van der Waals surface area contributed by atoms with E-state index in [9.17, 15) is 5.11 Å². The van der Waals surface area contributed by atoms with Crippen molar-refractivity contribution in [2.45, 2.75) is 96.2 Å². The first-order chi connectivity index (χ1) is 11.5. The van der Waals surface area contributed by atoms with Gasteiger partial charge in [0.1, 0.15) is 0 Å². The number of nitrogens with one attached hydrogen (secondary N) is 1. The topological polar surface area (TPSA) is 32.3 Å². The molecule has 5 aliphatic carbocycles. The lowest BCUT2D eigenvalue weighted by molar-refractivity contribution is -0.0482. The molecule has 0 amide bonds. The maximum absolute atomic E-state index is 10.3. The van der Waals surface area contributed by atoms with Crippen LogP contribution in [0.1, 0.15) is 78.1 Å². The summed E-state index contributed by atoms with van der Waals surface area (Å²) in [4.78, 5) is 0. The molecule has 2 N–H and O–H groups in total. The first kappa shape index (κ1) is 15.9. The highest BCUT2D eigenvalue weighted by molar-refractivity contribution is 5.29. The van der Waals surface area contributed by atoms with Gasteiger partial charge in [-0.2, -0.15) is 0 Å². The highest BCUT2D eigenvalue weighted by Crippen LogP contribution is 2.64. The van der Waals surface area contributed by atoms with E-state index in [2.05, 4.69) is 25.2 Å². The van der Waals surface area contributed by atoms with Crippen LogP contribution in [-0.4, -0.2) is 23.3 Å². The van der Waals surface area contributed by atoms with Gasteiger partial charge in [-0.25, -0.2) is 0 Å². The summed E-state index contributed by atoms with van der Waals surface area (Å²) in [5.41, 5.74) is 2.58. The molecule has 0 spiro atoms. The van der Waals surface area contributed by atoms with Gasteiger partial charge in [0.2, 0.25) is 0 Å². The Morgan fingerprint density at radius 1 is 1.00 bits per heavy atom. The summed E-state index contributed by atoms with van der Waals surface area (Å²) < 4.78 is 0. The number of hydrogen-bond acceptors (Lipinski definition) is 2. The largest absolute Gasteiger partial charge is 0.393 e. The summed E-state index contributed by atoms with van der Waals surface area (Å²) >= 11 is 0. The van der Waals surface area contributed by atoms with Crippen LogP contribution < -0.4 is 5.32 Å². The van der Waals surface area contributed by atoms with Gasteiger partial charge in [-0.3, -0.25) is 0 Å². The third-order valence-electron chi connectivity index (χ3n) is 8.92. The van der Waals surface area contributed by atoms with Gasteiger partial charge < -0.3 is 10.4 Å². The summed E-state index contributed by atoms with van der Waals surface area (Å²) in [6.07, 6.45) is 15.7. The van der Waals surface area contributed by atoms with Gasteiger partial charge in [-0.15, -0.1) is 0 Å². The highest BCUT2D eigenvalue weighted by Gasteiger charge is 2.58. The van der Waals surface area contributed by atoms with Crippen LogP contribution in [0, 0.1) is 28.6 Å². The molecular formula is C22H35NO. The molecule has 0 aliphatic heterocycles. The summed E-state index contributed by atoms with van der Waals surface area (Å²) in [7, 11) is 0. The van der Waals surface area contributed by atoms with E-state index in [0.717, 1.165) is 36.6 Å². The van der Waals surface area contributed by atoms with Crippen LogP contribution in [0.3, 0.4) is 0 Å². The molecule has 0 aromatic carbocycles. The zero-order chi connectivity index (χ0) is 16.5. The number of aliphatic hydroxyl groups is 1. The van der Waals surface area contributed by atoms with Crippen molar-refractivity contribution in [3.05, 3.63) is 11.6 Å². The quantitative estimate of drug-likeness (QED) is 0.735. The lowest BCUT2D eigenvalue weighted by atomic mass is 9.47. The van der Waals surface area contributed by atoms with E-state index >= 15 is 0 Å². The third-order valence-corrected chi connectivity index (χ3v) is 8.92. The second-order valence-corrected chi connectivity index (χ2v) is 10.3. The molecule has 0 saturated heterocycles. The molecule has 0 aromatic heterocycles. The normalized spacial score (nSPS) is 53.8. The van der Waals surface area contributed by atoms with E-state index in [0.29, 0.717) is 16.9 Å². The van der Waals surface area contributed by atoms with Gasteiger partial charge in [0, 0.05) is 12.1 Å². The fraction of sp³-hybridized carbons (Fsp3) is 0.909. The highest BCUT2D eigenvalue weighted by atomic mass is 16.3. The number of rotatable bonds is 2. The number of fused-ring (bicyclic) bond motifs is 5. The van der Waals surface area contributed by atoms with Crippen molar-refractivity contribution >= 4 is 0 Å². The number of hydrogen-bond donors (Lipinski definition) is 2. The Balaban J connectivity index is 1.55. The second kappa shape index (κ2) is 5.33. The van der Waals surface area contributed by atoms with E-state index in [4.69, 9.17) is 0 Å². The predicted octanol–water partition coefficient (Wildman–Crippen LogP) is 4.43. The fourth-order valence-electron chi connectivity index (χ4n) is 7.34. The molecule has 2 heteroatoms. The van der Waals surface area contributed by atoms with Gasteiger partial charge in [-0.1, -0.05) is 31.9 Å². The fourth-order valence-corrected chi connectivity index (χ4v) is 7.34.